The van der Waals surface area contributed by atoms with Crippen LogP contribution in [0.4, 0.5) is 11.4 Å². The van der Waals surface area contributed by atoms with Crippen LogP contribution in [0.2, 0.25) is 0 Å². The van der Waals surface area contributed by atoms with Crippen molar-refractivity contribution in [2.75, 3.05) is 4.90 Å². The van der Waals surface area contributed by atoms with E-state index in [0.29, 0.717) is 11.1 Å². The van der Waals surface area contributed by atoms with Crippen LogP contribution in [-0.2, 0) is 9.59 Å². The summed E-state index contributed by atoms with van der Waals surface area (Å²) in [6.07, 6.45) is 3.70. The standard InChI is InChI=1S/C28H21N3O5/c1-16-11-12-19(31(35)36)15-21(16)30-27(33)22-23(28(30)34)25(26(32)18-8-3-2-4-9-18)29-14-13-17-7-5-6-10-20(17)24(22)29/h2-15,22-25H,1H3/t22-,23-,24+,25+/m1/s1. The minimum Gasteiger partial charge on any atom is -0.358 e. The number of aryl methyl sites for hydroxylation is 1. The van der Waals surface area contributed by atoms with Crippen LogP contribution in [0.3, 0.4) is 0 Å². The van der Waals surface area contributed by atoms with E-state index in [9.17, 15) is 24.5 Å². The third-order valence-corrected chi connectivity index (χ3v) is 7.43. The smallest absolute Gasteiger partial charge is 0.271 e. The van der Waals surface area contributed by atoms with Gasteiger partial charge in [-0.05, 0) is 29.7 Å². The number of amides is 2. The topological polar surface area (TPSA) is 101 Å². The molecule has 3 aliphatic rings. The number of fused-ring (bicyclic) bond motifs is 5. The summed E-state index contributed by atoms with van der Waals surface area (Å²) in [5.74, 6) is -2.93. The van der Waals surface area contributed by atoms with Crippen molar-refractivity contribution in [2.24, 2.45) is 11.8 Å². The number of non-ortho nitro benzene ring substituents is 1. The monoisotopic (exact) mass is 479 g/mol. The summed E-state index contributed by atoms with van der Waals surface area (Å²) in [6.45, 7) is 1.70. The van der Waals surface area contributed by atoms with Crippen LogP contribution in [-0.4, -0.2) is 33.5 Å². The predicted molar refractivity (Wildman–Crippen MR) is 132 cm³/mol. The van der Waals surface area contributed by atoms with E-state index in [1.807, 2.05) is 41.3 Å². The lowest BCUT2D eigenvalue weighted by molar-refractivity contribution is -0.384. The summed E-state index contributed by atoms with van der Waals surface area (Å²) < 4.78 is 0. The lowest BCUT2D eigenvalue weighted by Crippen LogP contribution is -2.44. The van der Waals surface area contributed by atoms with Crippen LogP contribution < -0.4 is 4.90 Å². The number of benzene rings is 3. The number of nitrogens with zero attached hydrogens (tertiary/aromatic N) is 3. The summed E-state index contributed by atoms with van der Waals surface area (Å²) in [6, 6.07) is 19.1. The van der Waals surface area contributed by atoms with E-state index in [2.05, 4.69) is 0 Å². The number of nitro benzene ring substituents is 1. The molecule has 2 saturated heterocycles. The van der Waals surface area contributed by atoms with Crippen molar-refractivity contribution in [3.63, 3.8) is 0 Å². The molecule has 0 unspecified atom stereocenters. The second kappa shape index (κ2) is 7.98. The Morgan fingerprint density at radius 1 is 0.917 bits per heavy atom. The Morgan fingerprint density at radius 2 is 1.61 bits per heavy atom. The lowest BCUT2D eigenvalue weighted by Gasteiger charge is -2.35. The van der Waals surface area contributed by atoms with Gasteiger partial charge in [-0.1, -0.05) is 60.7 Å². The van der Waals surface area contributed by atoms with E-state index < -0.39 is 40.7 Å². The fraction of sp³-hybridized carbons (Fsp3) is 0.179. The number of imide groups is 1. The molecular weight excluding hydrogens is 458 g/mol. The van der Waals surface area contributed by atoms with Crippen LogP contribution >= 0.6 is 0 Å². The Kier molecular flexibility index (Phi) is 4.86. The normalized spacial score (nSPS) is 23.9. The molecule has 178 valence electrons. The molecule has 0 N–H and O–H groups in total. The van der Waals surface area contributed by atoms with Crippen LogP contribution in [0.1, 0.15) is 33.1 Å². The highest BCUT2D eigenvalue weighted by Crippen LogP contribution is 2.54. The third-order valence-electron chi connectivity index (χ3n) is 7.43. The van der Waals surface area contributed by atoms with E-state index in [-0.39, 0.29) is 17.2 Å². The number of hydrogen-bond donors (Lipinski definition) is 0. The minimum absolute atomic E-state index is 0.186. The van der Waals surface area contributed by atoms with Crippen molar-refractivity contribution in [1.82, 2.24) is 4.90 Å². The van der Waals surface area contributed by atoms with Gasteiger partial charge in [-0.25, -0.2) is 4.90 Å². The molecular formula is C28H21N3O5. The van der Waals surface area contributed by atoms with Gasteiger partial charge in [0.1, 0.15) is 6.04 Å². The average molecular weight is 479 g/mol. The van der Waals surface area contributed by atoms with Crippen LogP contribution in [0, 0.1) is 28.9 Å². The van der Waals surface area contributed by atoms with Crippen LogP contribution in [0.25, 0.3) is 6.08 Å². The molecule has 2 amide bonds. The zero-order valence-electron chi connectivity index (χ0n) is 19.3. The maximum absolute atomic E-state index is 14.0. The van der Waals surface area contributed by atoms with Crippen molar-refractivity contribution < 1.29 is 19.3 Å². The molecule has 4 atom stereocenters. The SMILES string of the molecule is Cc1ccc([N+](=O)[O-])cc1N1C(=O)[C@@H]2[C@@H](C1=O)[C@@H]1c3ccccc3C=CN1[C@@H]2C(=O)c1ccccc1. The zero-order chi connectivity index (χ0) is 25.1. The molecule has 36 heavy (non-hydrogen) atoms. The van der Waals surface area contributed by atoms with Crippen LogP contribution in [0.5, 0.6) is 0 Å². The number of hydrogen-bond acceptors (Lipinski definition) is 6. The van der Waals surface area contributed by atoms with Crippen LogP contribution in [0.15, 0.2) is 79.0 Å². The molecule has 8 nitrogen and oxygen atoms in total. The number of anilines is 1. The van der Waals surface area contributed by atoms with Gasteiger partial charge in [0.25, 0.3) is 5.69 Å². The molecule has 0 radical (unpaired) electrons. The number of rotatable bonds is 4. The molecule has 0 saturated carbocycles. The Morgan fingerprint density at radius 3 is 2.36 bits per heavy atom. The van der Waals surface area contributed by atoms with Gasteiger partial charge < -0.3 is 4.90 Å². The molecule has 0 spiro atoms. The Hall–Kier alpha value is -4.59. The minimum atomic E-state index is -0.926. The summed E-state index contributed by atoms with van der Waals surface area (Å²) in [5, 5.41) is 11.4. The molecule has 8 heteroatoms. The van der Waals surface area contributed by atoms with Crippen molar-refractivity contribution in [2.45, 2.75) is 19.0 Å². The fourth-order valence-electron chi connectivity index (χ4n) is 5.82. The lowest BCUT2D eigenvalue weighted by atomic mass is 9.83. The Labute approximate surface area is 206 Å². The summed E-state index contributed by atoms with van der Waals surface area (Å²) in [5.41, 5.74) is 2.80. The van der Waals surface area contributed by atoms with Gasteiger partial charge in [0.2, 0.25) is 11.8 Å². The summed E-state index contributed by atoms with van der Waals surface area (Å²) in [4.78, 5) is 55.5. The molecule has 0 aromatic heterocycles. The van der Waals surface area contributed by atoms with Gasteiger partial charge >= 0.3 is 0 Å². The fourth-order valence-corrected chi connectivity index (χ4v) is 5.82. The van der Waals surface area contributed by atoms with E-state index in [1.165, 1.54) is 18.2 Å². The summed E-state index contributed by atoms with van der Waals surface area (Å²) in [7, 11) is 0. The van der Waals surface area contributed by atoms with Gasteiger partial charge in [-0.3, -0.25) is 24.5 Å². The number of carbonyl (C=O) groups excluding carboxylic acids is 3. The number of ketones is 1. The zero-order valence-corrected chi connectivity index (χ0v) is 19.3. The molecule has 0 aliphatic carbocycles. The van der Waals surface area contributed by atoms with E-state index >= 15 is 0 Å². The van der Waals surface area contributed by atoms with Gasteiger partial charge in [0.05, 0.1) is 28.5 Å². The molecule has 2 fully saturated rings. The maximum Gasteiger partial charge on any atom is 0.271 e. The highest BCUT2D eigenvalue weighted by Gasteiger charge is 2.64. The highest BCUT2D eigenvalue weighted by atomic mass is 16.6. The first-order valence-corrected chi connectivity index (χ1v) is 11.6. The van der Waals surface area contributed by atoms with Crippen molar-refractivity contribution in [3.05, 3.63) is 111 Å². The molecule has 3 heterocycles. The quantitative estimate of drug-likeness (QED) is 0.239. The van der Waals surface area contributed by atoms with Gasteiger partial charge in [-0.15, -0.1) is 0 Å². The Bertz CT molecular complexity index is 1480. The van der Waals surface area contributed by atoms with Gasteiger partial charge in [-0.2, -0.15) is 0 Å². The van der Waals surface area contributed by atoms with Gasteiger partial charge in [0.15, 0.2) is 5.78 Å². The van der Waals surface area contributed by atoms with E-state index in [1.54, 1.807) is 37.4 Å². The van der Waals surface area contributed by atoms with Gasteiger partial charge in [0, 0.05) is 23.9 Å². The van der Waals surface area contributed by atoms with Crippen molar-refractivity contribution >= 4 is 35.0 Å². The first-order chi connectivity index (χ1) is 17.4. The molecule has 0 bridgehead atoms. The van der Waals surface area contributed by atoms with Crippen molar-refractivity contribution in [3.8, 4) is 0 Å². The first-order valence-electron chi connectivity index (χ1n) is 11.6. The number of carbonyl (C=O) groups is 3. The van der Waals surface area contributed by atoms with E-state index in [0.717, 1.165) is 16.0 Å². The number of nitro groups is 1. The largest absolute Gasteiger partial charge is 0.358 e. The first kappa shape index (κ1) is 21.9. The second-order valence-electron chi connectivity index (χ2n) is 9.30. The number of Topliss-reactive ketones (excluding diaryl/α,β-unsaturated/α-hetero) is 1. The molecule has 3 aromatic rings. The average Bonchev–Trinajstić information content (AvgIpc) is 3.37. The second-order valence-corrected chi connectivity index (χ2v) is 9.30. The third kappa shape index (κ3) is 3.04. The Balaban J connectivity index is 1.51. The van der Waals surface area contributed by atoms with E-state index in [4.69, 9.17) is 0 Å². The highest BCUT2D eigenvalue weighted by molar-refractivity contribution is 6.25. The molecule has 3 aliphatic heterocycles. The molecule has 3 aromatic carbocycles. The summed E-state index contributed by atoms with van der Waals surface area (Å²) >= 11 is 0. The molecule has 6 rings (SSSR count). The maximum atomic E-state index is 14.0. The van der Waals surface area contributed by atoms with Crippen molar-refractivity contribution in [1.29, 1.82) is 0 Å². The predicted octanol–water partition coefficient (Wildman–Crippen LogP) is 4.30.